The lowest BCUT2D eigenvalue weighted by molar-refractivity contribution is 0.142. The molecule has 0 aromatic heterocycles. The SMILES string of the molecule is CCOCCCNC(C)(C)CC. The zero-order chi connectivity index (χ0) is 9.45. The van der Waals surface area contributed by atoms with E-state index in [9.17, 15) is 0 Å². The van der Waals surface area contributed by atoms with E-state index in [1.165, 1.54) is 6.42 Å². The summed E-state index contributed by atoms with van der Waals surface area (Å²) in [6, 6.07) is 0. The van der Waals surface area contributed by atoms with Crippen LogP contribution in [0.3, 0.4) is 0 Å². The van der Waals surface area contributed by atoms with E-state index in [-0.39, 0.29) is 5.54 Å². The standard InChI is InChI=1S/C10H23NO/c1-5-10(3,4)11-8-7-9-12-6-2/h11H,5-9H2,1-4H3. The first kappa shape index (κ1) is 11.9. The van der Waals surface area contributed by atoms with Crippen LogP contribution in [0.4, 0.5) is 0 Å². The third kappa shape index (κ3) is 6.62. The average Bonchev–Trinajstić information content (AvgIpc) is 2.04. The molecule has 0 aromatic carbocycles. The summed E-state index contributed by atoms with van der Waals surface area (Å²) in [6.07, 6.45) is 2.28. The van der Waals surface area contributed by atoms with Gasteiger partial charge >= 0.3 is 0 Å². The van der Waals surface area contributed by atoms with Crippen LogP contribution in [0.1, 0.15) is 40.5 Å². The number of hydrogen-bond acceptors (Lipinski definition) is 2. The second-order valence-corrected chi connectivity index (χ2v) is 3.71. The first-order chi connectivity index (χ1) is 5.62. The monoisotopic (exact) mass is 173 g/mol. The van der Waals surface area contributed by atoms with E-state index in [1.54, 1.807) is 0 Å². The van der Waals surface area contributed by atoms with Gasteiger partial charge in [0.1, 0.15) is 0 Å². The van der Waals surface area contributed by atoms with Gasteiger partial charge in [0.25, 0.3) is 0 Å². The molecule has 0 aliphatic heterocycles. The summed E-state index contributed by atoms with van der Waals surface area (Å²) >= 11 is 0. The summed E-state index contributed by atoms with van der Waals surface area (Å²) in [5.41, 5.74) is 0.284. The molecule has 0 fully saturated rings. The first-order valence-electron chi connectivity index (χ1n) is 4.95. The summed E-state index contributed by atoms with van der Waals surface area (Å²) < 4.78 is 5.24. The molecule has 0 atom stereocenters. The van der Waals surface area contributed by atoms with Crippen LogP contribution in [-0.4, -0.2) is 25.3 Å². The molecule has 0 aromatic rings. The van der Waals surface area contributed by atoms with E-state index < -0.39 is 0 Å². The highest BCUT2D eigenvalue weighted by Gasteiger charge is 2.12. The van der Waals surface area contributed by atoms with E-state index in [1.807, 2.05) is 6.92 Å². The van der Waals surface area contributed by atoms with Crippen molar-refractivity contribution < 1.29 is 4.74 Å². The highest BCUT2D eigenvalue weighted by Crippen LogP contribution is 2.05. The molecule has 2 heteroatoms. The van der Waals surface area contributed by atoms with Gasteiger partial charge in [-0.2, -0.15) is 0 Å². The molecule has 0 spiro atoms. The Bertz CT molecular complexity index is 102. The van der Waals surface area contributed by atoms with E-state index >= 15 is 0 Å². The number of hydrogen-bond donors (Lipinski definition) is 1. The summed E-state index contributed by atoms with van der Waals surface area (Å²) in [5, 5.41) is 3.49. The van der Waals surface area contributed by atoms with E-state index in [4.69, 9.17) is 4.74 Å². The maximum Gasteiger partial charge on any atom is 0.0477 e. The van der Waals surface area contributed by atoms with Crippen LogP contribution in [0.5, 0.6) is 0 Å². The topological polar surface area (TPSA) is 21.3 Å². The van der Waals surface area contributed by atoms with Crippen molar-refractivity contribution in [2.75, 3.05) is 19.8 Å². The molecule has 2 nitrogen and oxygen atoms in total. The van der Waals surface area contributed by atoms with E-state index in [2.05, 4.69) is 26.1 Å². The molecule has 0 rings (SSSR count). The number of nitrogens with one attached hydrogen (secondary N) is 1. The maximum atomic E-state index is 5.24. The Labute approximate surface area is 76.7 Å². The van der Waals surface area contributed by atoms with Gasteiger partial charge in [-0.25, -0.2) is 0 Å². The Morgan fingerprint density at radius 2 is 1.92 bits per heavy atom. The summed E-state index contributed by atoms with van der Waals surface area (Å²) in [5.74, 6) is 0. The normalized spacial score (nSPS) is 12.0. The molecule has 0 radical (unpaired) electrons. The molecule has 12 heavy (non-hydrogen) atoms. The van der Waals surface area contributed by atoms with Crippen LogP contribution in [0.25, 0.3) is 0 Å². The van der Waals surface area contributed by atoms with Crippen LogP contribution in [0.15, 0.2) is 0 Å². The lowest BCUT2D eigenvalue weighted by atomic mass is 10.0. The van der Waals surface area contributed by atoms with Gasteiger partial charge in [-0.05, 0) is 40.2 Å². The molecular weight excluding hydrogens is 150 g/mol. The third-order valence-electron chi connectivity index (χ3n) is 2.16. The minimum Gasteiger partial charge on any atom is -0.382 e. The molecule has 0 aliphatic carbocycles. The smallest absolute Gasteiger partial charge is 0.0477 e. The molecular formula is C10H23NO. The second kappa shape index (κ2) is 6.44. The van der Waals surface area contributed by atoms with Crippen LogP contribution < -0.4 is 5.32 Å². The van der Waals surface area contributed by atoms with Crippen molar-refractivity contribution in [3.05, 3.63) is 0 Å². The van der Waals surface area contributed by atoms with Crippen molar-refractivity contribution in [3.8, 4) is 0 Å². The average molecular weight is 173 g/mol. The van der Waals surface area contributed by atoms with Gasteiger partial charge in [-0.3, -0.25) is 0 Å². The predicted molar refractivity (Wildman–Crippen MR) is 53.5 cm³/mol. The van der Waals surface area contributed by atoms with Gasteiger partial charge in [-0.15, -0.1) is 0 Å². The van der Waals surface area contributed by atoms with Crippen molar-refractivity contribution in [1.29, 1.82) is 0 Å². The van der Waals surface area contributed by atoms with Gasteiger partial charge < -0.3 is 10.1 Å². The Kier molecular flexibility index (Phi) is 6.39. The highest BCUT2D eigenvalue weighted by atomic mass is 16.5. The molecule has 0 unspecified atom stereocenters. The highest BCUT2D eigenvalue weighted by molar-refractivity contribution is 4.74. The molecule has 0 heterocycles. The van der Waals surface area contributed by atoms with Crippen molar-refractivity contribution in [2.24, 2.45) is 0 Å². The fourth-order valence-corrected chi connectivity index (χ4v) is 0.870. The lowest BCUT2D eigenvalue weighted by Crippen LogP contribution is -2.39. The predicted octanol–water partition coefficient (Wildman–Crippen LogP) is 2.19. The van der Waals surface area contributed by atoms with Gasteiger partial charge in [0.15, 0.2) is 0 Å². The van der Waals surface area contributed by atoms with Crippen molar-refractivity contribution >= 4 is 0 Å². The van der Waals surface area contributed by atoms with Crippen LogP contribution in [0.2, 0.25) is 0 Å². The number of rotatable bonds is 7. The Hall–Kier alpha value is -0.0800. The van der Waals surface area contributed by atoms with Gasteiger partial charge in [-0.1, -0.05) is 6.92 Å². The largest absolute Gasteiger partial charge is 0.382 e. The molecule has 0 saturated carbocycles. The molecule has 1 N–H and O–H groups in total. The Morgan fingerprint density at radius 3 is 2.42 bits per heavy atom. The van der Waals surface area contributed by atoms with Crippen LogP contribution >= 0.6 is 0 Å². The fraction of sp³-hybridized carbons (Fsp3) is 1.00. The summed E-state index contributed by atoms with van der Waals surface area (Å²) in [6.45, 7) is 11.5. The summed E-state index contributed by atoms with van der Waals surface area (Å²) in [4.78, 5) is 0. The zero-order valence-electron chi connectivity index (χ0n) is 8.94. The number of ether oxygens (including phenoxy) is 1. The molecule has 74 valence electrons. The maximum absolute atomic E-state index is 5.24. The van der Waals surface area contributed by atoms with E-state index in [0.717, 1.165) is 26.2 Å². The molecule has 0 aliphatic rings. The van der Waals surface area contributed by atoms with Crippen molar-refractivity contribution in [1.82, 2.24) is 5.32 Å². The van der Waals surface area contributed by atoms with E-state index in [0.29, 0.717) is 0 Å². The minimum absolute atomic E-state index is 0.284. The van der Waals surface area contributed by atoms with Crippen LogP contribution in [-0.2, 0) is 4.74 Å². The van der Waals surface area contributed by atoms with Gasteiger partial charge in [0.2, 0.25) is 0 Å². The minimum atomic E-state index is 0.284. The molecule has 0 bridgehead atoms. The van der Waals surface area contributed by atoms with Crippen molar-refractivity contribution in [2.45, 2.75) is 46.1 Å². The molecule has 0 amide bonds. The lowest BCUT2D eigenvalue weighted by Gasteiger charge is -2.24. The first-order valence-corrected chi connectivity index (χ1v) is 4.95. The quantitative estimate of drug-likeness (QED) is 0.596. The van der Waals surface area contributed by atoms with Gasteiger partial charge in [0.05, 0.1) is 0 Å². The second-order valence-electron chi connectivity index (χ2n) is 3.71. The molecule has 0 saturated heterocycles. The van der Waals surface area contributed by atoms with Crippen LogP contribution in [0, 0.1) is 0 Å². The Balaban J connectivity index is 3.19. The third-order valence-corrected chi connectivity index (χ3v) is 2.16. The zero-order valence-corrected chi connectivity index (χ0v) is 8.94. The summed E-state index contributed by atoms with van der Waals surface area (Å²) in [7, 11) is 0. The van der Waals surface area contributed by atoms with Gasteiger partial charge in [0, 0.05) is 18.8 Å². The Morgan fingerprint density at radius 1 is 1.25 bits per heavy atom. The van der Waals surface area contributed by atoms with Crippen molar-refractivity contribution in [3.63, 3.8) is 0 Å². The fourth-order valence-electron chi connectivity index (χ4n) is 0.870.